The van der Waals surface area contributed by atoms with E-state index < -0.39 is 0 Å². The van der Waals surface area contributed by atoms with Crippen molar-refractivity contribution in [1.29, 1.82) is 0 Å². The number of nitrogen functional groups attached to an aromatic ring is 1. The lowest BCUT2D eigenvalue weighted by Crippen LogP contribution is -2.01. The number of anilines is 1. The zero-order valence-corrected chi connectivity index (χ0v) is 13.2. The summed E-state index contributed by atoms with van der Waals surface area (Å²) >= 11 is 0. The minimum atomic E-state index is 0.759. The molecule has 0 spiro atoms. The Morgan fingerprint density at radius 1 is 0.773 bits per heavy atom. The minimum Gasteiger partial charge on any atom is -0.398 e. The highest BCUT2D eigenvalue weighted by Crippen LogP contribution is 2.37. The van der Waals surface area contributed by atoms with Crippen LogP contribution in [0.15, 0.2) is 54.6 Å². The molecule has 110 valence electrons. The van der Waals surface area contributed by atoms with Crippen molar-refractivity contribution in [3.8, 4) is 22.4 Å². The number of hydrogen-bond acceptors (Lipinski definition) is 2. The highest BCUT2D eigenvalue weighted by Gasteiger charge is 2.16. The van der Waals surface area contributed by atoms with Crippen LogP contribution in [0.1, 0.15) is 16.8 Å². The molecule has 0 fully saturated rings. The normalized spacial score (nSPS) is 10.7. The van der Waals surface area contributed by atoms with E-state index in [9.17, 15) is 0 Å². The smallest absolute Gasteiger partial charge is 0.0807 e. The van der Waals surface area contributed by atoms with Crippen molar-refractivity contribution in [2.24, 2.45) is 0 Å². The second-order valence-electron chi connectivity index (χ2n) is 5.62. The molecule has 3 aromatic rings. The van der Waals surface area contributed by atoms with E-state index in [0.29, 0.717) is 0 Å². The van der Waals surface area contributed by atoms with Crippen LogP contribution in [-0.2, 0) is 0 Å². The molecule has 1 heterocycles. The van der Waals surface area contributed by atoms with E-state index >= 15 is 0 Å². The van der Waals surface area contributed by atoms with Crippen molar-refractivity contribution >= 4 is 5.69 Å². The Labute approximate surface area is 131 Å². The molecule has 0 aliphatic heterocycles. The number of aryl methyl sites for hydroxylation is 1. The number of nitrogens with two attached hydrogens (primary N) is 1. The van der Waals surface area contributed by atoms with Crippen molar-refractivity contribution in [2.45, 2.75) is 20.8 Å². The Kier molecular flexibility index (Phi) is 3.68. The number of hydrogen-bond donors (Lipinski definition) is 1. The fraction of sp³-hybridized carbons (Fsp3) is 0.150. The number of rotatable bonds is 2. The van der Waals surface area contributed by atoms with Gasteiger partial charge in [0.1, 0.15) is 0 Å². The maximum absolute atomic E-state index is 6.20. The van der Waals surface area contributed by atoms with Crippen molar-refractivity contribution in [2.75, 3.05) is 5.73 Å². The first kappa shape index (κ1) is 14.3. The van der Waals surface area contributed by atoms with E-state index in [0.717, 1.165) is 22.6 Å². The third-order valence-electron chi connectivity index (χ3n) is 4.27. The SMILES string of the molecule is Cc1nc(-c2ccccc2N)c(-c2ccccc2)c(C)c1C. The van der Waals surface area contributed by atoms with Gasteiger partial charge in [-0.05, 0) is 43.5 Å². The molecule has 3 rings (SSSR count). The van der Waals surface area contributed by atoms with Crippen LogP contribution in [0.5, 0.6) is 0 Å². The number of pyridine rings is 1. The molecular formula is C20H20N2. The Hall–Kier alpha value is -2.61. The molecule has 1 aromatic heterocycles. The zero-order valence-electron chi connectivity index (χ0n) is 13.2. The molecule has 0 saturated heterocycles. The molecule has 2 nitrogen and oxygen atoms in total. The Bertz CT molecular complexity index is 821. The van der Waals surface area contributed by atoms with E-state index in [2.05, 4.69) is 45.0 Å². The summed E-state index contributed by atoms with van der Waals surface area (Å²) in [6.07, 6.45) is 0. The summed E-state index contributed by atoms with van der Waals surface area (Å²) in [7, 11) is 0. The molecule has 0 unspecified atom stereocenters. The molecule has 0 aliphatic rings. The number of nitrogens with zero attached hydrogens (tertiary/aromatic N) is 1. The van der Waals surface area contributed by atoms with Gasteiger partial charge in [0.05, 0.1) is 5.69 Å². The van der Waals surface area contributed by atoms with Crippen LogP contribution in [0, 0.1) is 20.8 Å². The van der Waals surface area contributed by atoms with Crippen molar-refractivity contribution in [3.63, 3.8) is 0 Å². The van der Waals surface area contributed by atoms with Gasteiger partial charge in [-0.25, -0.2) is 0 Å². The number of benzene rings is 2. The Balaban J connectivity index is 2.38. The molecule has 0 atom stereocenters. The summed E-state index contributed by atoms with van der Waals surface area (Å²) in [6.45, 7) is 6.34. The minimum absolute atomic E-state index is 0.759. The molecule has 2 aromatic carbocycles. The molecule has 2 N–H and O–H groups in total. The van der Waals surface area contributed by atoms with Gasteiger partial charge in [0.15, 0.2) is 0 Å². The summed E-state index contributed by atoms with van der Waals surface area (Å²) in [5.74, 6) is 0. The van der Waals surface area contributed by atoms with Gasteiger partial charge in [-0.15, -0.1) is 0 Å². The number of aromatic nitrogens is 1. The Morgan fingerprint density at radius 3 is 2.09 bits per heavy atom. The maximum atomic E-state index is 6.20. The summed E-state index contributed by atoms with van der Waals surface area (Å²) in [5, 5.41) is 0. The van der Waals surface area contributed by atoms with Crippen molar-refractivity contribution < 1.29 is 0 Å². The first-order chi connectivity index (χ1) is 10.6. The van der Waals surface area contributed by atoms with E-state index in [4.69, 9.17) is 10.7 Å². The van der Waals surface area contributed by atoms with Gasteiger partial charge < -0.3 is 5.73 Å². The maximum Gasteiger partial charge on any atom is 0.0807 e. The van der Waals surface area contributed by atoms with E-state index in [-0.39, 0.29) is 0 Å². The van der Waals surface area contributed by atoms with Gasteiger partial charge in [-0.3, -0.25) is 4.98 Å². The first-order valence-corrected chi connectivity index (χ1v) is 7.47. The highest BCUT2D eigenvalue weighted by atomic mass is 14.7. The standard InChI is InChI=1S/C20H20N2/c1-13-14(2)19(16-9-5-4-6-10-16)20(22-15(13)3)17-11-7-8-12-18(17)21/h4-12H,21H2,1-3H3. The van der Waals surface area contributed by atoms with Crippen LogP contribution in [0.3, 0.4) is 0 Å². The second-order valence-corrected chi connectivity index (χ2v) is 5.62. The molecule has 0 amide bonds. The highest BCUT2D eigenvalue weighted by molar-refractivity contribution is 5.88. The third-order valence-corrected chi connectivity index (χ3v) is 4.27. The van der Waals surface area contributed by atoms with Crippen LogP contribution >= 0.6 is 0 Å². The second kappa shape index (κ2) is 5.64. The topological polar surface area (TPSA) is 38.9 Å². The molecular weight excluding hydrogens is 268 g/mol. The molecule has 2 heteroatoms. The largest absolute Gasteiger partial charge is 0.398 e. The predicted molar refractivity (Wildman–Crippen MR) is 93.7 cm³/mol. The Morgan fingerprint density at radius 2 is 1.41 bits per heavy atom. The lowest BCUT2D eigenvalue weighted by atomic mass is 9.91. The fourth-order valence-electron chi connectivity index (χ4n) is 2.81. The van der Waals surface area contributed by atoms with Gasteiger partial charge in [0.25, 0.3) is 0 Å². The van der Waals surface area contributed by atoms with Gasteiger partial charge in [-0.2, -0.15) is 0 Å². The van der Waals surface area contributed by atoms with Crippen LogP contribution < -0.4 is 5.73 Å². The fourth-order valence-corrected chi connectivity index (χ4v) is 2.81. The van der Waals surface area contributed by atoms with Gasteiger partial charge in [0.2, 0.25) is 0 Å². The summed E-state index contributed by atoms with van der Waals surface area (Å²) in [6, 6.07) is 18.3. The summed E-state index contributed by atoms with van der Waals surface area (Å²) < 4.78 is 0. The zero-order chi connectivity index (χ0) is 15.7. The van der Waals surface area contributed by atoms with E-state index in [1.165, 1.54) is 22.3 Å². The molecule has 0 saturated carbocycles. The van der Waals surface area contributed by atoms with Gasteiger partial charge >= 0.3 is 0 Å². The quantitative estimate of drug-likeness (QED) is 0.679. The summed E-state index contributed by atoms with van der Waals surface area (Å²) in [5.41, 5.74) is 14.8. The van der Waals surface area contributed by atoms with Crippen LogP contribution in [-0.4, -0.2) is 4.98 Å². The van der Waals surface area contributed by atoms with Crippen LogP contribution in [0.2, 0.25) is 0 Å². The van der Waals surface area contributed by atoms with Gasteiger partial charge in [-0.1, -0.05) is 48.5 Å². The lowest BCUT2D eigenvalue weighted by molar-refractivity contribution is 1.13. The van der Waals surface area contributed by atoms with Crippen molar-refractivity contribution in [1.82, 2.24) is 4.98 Å². The third kappa shape index (κ3) is 2.37. The summed E-state index contributed by atoms with van der Waals surface area (Å²) in [4.78, 5) is 4.86. The van der Waals surface area contributed by atoms with E-state index in [1.807, 2.05) is 30.3 Å². The van der Waals surface area contributed by atoms with Crippen LogP contribution in [0.4, 0.5) is 5.69 Å². The van der Waals surface area contributed by atoms with Crippen LogP contribution in [0.25, 0.3) is 22.4 Å². The molecule has 0 radical (unpaired) electrons. The van der Waals surface area contributed by atoms with Gasteiger partial charge in [0, 0.05) is 22.5 Å². The van der Waals surface area contributed by atoms with E-state index in [1.54, 1.807) is 0 Å². The average molecular weight is 288 g/mol. The average Bonchev–Trinajstić information content (AvgIpc) is 2.54. The molecule has 0 bridgehead atoms. The predicted octanol–water partition coefficient (Wildman–Crippen LogP) is 4.92. The lowest BCUT2D eigenvalue weighted by Gasteiger charge is -2.17. The molecule has 22 heavy (non-hydrogen) atoms. The molecule has 0 aliphatic carbocycles. The number of para-hydroxylation sites is 1. The monoisotopic (exact) mass is 288 g/mol. The first-order valence-electron chi connectivity index (χ1n) is 7.47. The van der Waals surface area contributed by atoms with Crippen molar-refractivity contribution in [3.05, 3.63) is 71.4 Å².